The largest absolute Gasteiger partial charge is 0.469 e. The average molecular weight is 356 g/mol. The monoisotopic (exact) mass is 355 g/mol. The topological polar surface area (TPSA) is 122 Å². The van der Waals surface area contributed by atoms with E-state index in [9.17, 15) is 9.18 Å². The zero-order valence-corrected chi connectivity index (χ0v) is 13.0. The summed E-state index contributed by atoms with van der Waals surface area (Å²) >= 11 is 5.75. The average Bonchev–Trinajstić information content (AvgIpc) is 3.16. The summed E-state index contributed by atoms with van der Waals surface area (Å²) in [6.45, 7) is 1.94. The Balaban J connectivity index is 2.10. The zero-order valence-electron chi connectivity index (χ0n) is 12.3. The Morgan fingerprint density at radius 1 is 1.42 bits per heavy atom. The molecule has 0 saturated heterocycles. The van der Waals surface area contributed by atoms with E-state index in [1.165, 1.54) is 12.1 Å². The van der Waals surface area contributed by atoms with Gasteiger partial charge in [0, 0.05) is 6.54 Å². The molecule has 0 amide bonds. The van der Waals surface area contributed by atoms with Gasteiger partial charge >= 0.3 is 5.76 Å². The van der Waals surface area contributed by atoms with E-state index in [0.717, 1.165) is 10.6 Å². The number of rotatable bonds is 5. The summed E-state index contributed by atoms with van der Waals surface area (Å²) in [4.78, 5) is 12.0. The number of hydrogen-bond donors (Lipinski definition) is 1. The molecule has 126 valence electrons. The van der Waals surface area contributed by atoms with E-state index >= 15 is 0 Å². The molecule has 0 fully saturated rings. The van der Waals surface area contributed by atoms with E-state index in [1.54, 1.807) is 6.92 Å². The van der Waals surface area contributed by atoms with Crippen molar-refractivity contribution in [1.82, 2.24) is 20.0 Å². The van der Waals surface area contributed by atoms with Crippen LogP contribution in [0.2, 0.25) is 5.02 Å². The predicted octanol–water partition coefficient (Wildman–Crippen LogP) is 1.39. The van der Waals surface area contributed by atoms with E-state index in [4.69, 9.17) is 22.1 Å². The van der Waals surface area contributed by atoms with Crippen LogP contribution < -0.4 is 16.2 Å². The molecule has 9 nitrogen and oxygen atoms in total. The Morgan fingerprint density at radius 3 is 2.92 bits per heavy atom. The normalized spacial score (nSPS) is 12.3. The molecule has 2 heterocycles. The Morgan fingerprint density at radius 2 is 2.21 bits per heavy atom. The van der Waals surface area contributed by atoms with Crippen LogP contribution in [-0.4, -0.2) is 32.7 Å². The van der Waals surface area contributed by atoms with E-state index < -0.39 is 11.6 Å². The molecule has 2 aromatic heterocycles. The second-order valence-corrected chi connectivity index (χ2v) is 5.20. The van der Waals surface area contributed by atoms with Crippen molar-refractivity contribution in [3.63, 3.8) is 0 Å². The van der Waals surface area contributed by atoms with Gasteiger partial charge in [-0.2, -0.15) is 0 Å². The Labute approximate surface area is 138 Å². The standard InChI is InChI=1S/C13H11ClFN5O4/c1-6(5-16)22-12-10(17-24-19-12)11-18-23-13(21)20(11)7-2-3-9(15)8(14)4-7/h2-4,6H,5,16H2,1H3. The lowest BCUT2D eigenvalue weighted by molar-refractivity contribution is 0.201. The van der Waals surface area contributed by atoms with E-state index in [1.807, 2.05) is 0 Å². The van der Waals surface area contributed by atoms with Gasteiger partial charge in [-0.05, 0) is 35.4 Å². The second kappa shape index (κ2) is 6.42. The van der Waals surface area contributed by atoms with Gasteiger partial charge in [-0.1, -0.05) is 16.8 Å². The van der Waals surface area contributed by atoms with Gasteiger partial charge in [0.15, 0.2) is 0 Å². The molecule has 0 saturated carbocycles. The fraction of sp³-hybridized carbons (Fsp3) is 0.231. The van der Waals surface area contributed by atoms with Gasteiger partial charge in [0.25, 0.3) is 5.88 Å². The van der Waals surface area contributed by atoms with Crippen LogP contribution in [0.4, 0.5) is 4.39 Å². The summed E-state index contributed by atoms with van der Waals surface area (Å²) in [5.74, 6) is -1.50. The van der Waals surface area contributed by atoms with Crippen LogP contribution in [0, 0.1) is 5.82 Å². The fourth-order valence-electron chi connectivity index (χ4n) is 1.88. The molecule has 0 radical (unpaired) electrons. The van der Waals surface area contributed by atoms with Crippen LogP contribution >= 0.6 is 11.6 Å². The third-order valence-electron chi connectivity index (χ3n) is 3.08. The first-order valence-electron chi connectivity index (χ1n) is 6.75. The molecule has 24 heavy (non-hydrogen) atoms. The van der Waals surface area contributed by atoms with Crippen molar-refractivity contribution < 1.29 is 18.3 Å². The highest BCUT2D eigenvalue weighted by Crippen LogP contribution is 2.27. The molecule has 1 atom stereocenters. The summed E-state index contributed by atoms with van der Waals surface area (Å²) in [6, 6.07) is 3.69. The minimum Gasteiger partial charge on any atom is -0.469 e. The number of benzene rings is 1. The molecule has 1 aromatic carbocycles. The summed E-state index contributed by atoms with van der Waals surface area (Å²) in [7, 11) is 0. The number of ether oxygens (including phenoxy) is 1. The van der Waals surface area contributed by atoms with Gasteiger partial charge in [-0.25, -0.2) is 18.4 Å². The summed E-state index contributed by atoms with van der Waals surface area (Å²) in [5.41, 5.74) is 5.74. The van der Waals surface area contributed by atoms with E-state index in [-0.39, 0.29) is 40.8 Å². The third-order valence-corrected chi connectivity index (χ3v) is 3.37. The fourth-order valence-corrected chi connectivity index (χ4v) is 2.06. The number of nitrogens with two attached hydrogens (primary N) is 1. The lowest BCUT2D eigenvalue weighted by Gasteiger charge is -2.09. The maximum absolute atomic E-state index is 13.3. The second-order valence-electron chi connectivity index (χ2n) is 4.79. The Bertz CT molecular complexity index is 921. The molecule has 11 heteroatoms. The molecule has 2 N–H and O–H groups in total. The van der Waals surface area contributed by atoms with Gasteiger partial charge in [0.05, 0.1) is 10.7 Å². The smallest absolute Gasteiger partial charge is 0.446 e. The Hall–Kier alpha value is -2.72. The summed E-state index contributed by atoms with van der Waals surface area (Å²) in [5, 5.41) is 10.8. The lowest BCUT2D eigenvalue weighted by Crippen LogP contribution is -2.23. The summed E-state index contributed by atoms with van der Waals surface area (Å²) in [6.07, 6.45) is -0.372. The van der Waals surface area contributed by atoms with Crippen molar-refractivity contribution in [2.75, 3.05) is 6.54 Å². The van der Waals surface area contributed by atoms with Crippen molar-refractivity contribution in [2.24, 2.45) is 5.73 Å². The molecular weight excluding hydrogens is 345 g/mol. The number of aromatic nitrogens is 4. The molecule has 0 aliphatic rings. The first-order chi connectivity index (χ1) is 11.5. The maximum atomic E-state index is 13.3. The number of halogens is 2. The predicted molar refractivity (Wildman–Crippen MR) is 79.5 cm³/mol. The molecule has 0 aliphatic heterocycles. The van der Waals surface area contributed by atoms with Crippen molar-refractivity contribution in [3.05, 3.63) is 39.6 Å². The Kier molecular flexibility index (Phi) is 4.32. The molecule has 0 aliphatic carbocycles. The summed E-state index contributed by atoms with van der Waals surface area (Å²) < 4.78 is 29.1. The molecule has 0 bridgehead atoms. The van der Waals surface area contributed by atoms with Crippen molar-refractivity contribution in [1.29, 1.82) is 0 Å². The van der Waals surface area contributed by atoms with Gasteiger partial charge in [-0.3, -0.25) is 4.52 Å². The molecule has 1 unspecified atom stereocenters. The zero-order chi connectivity index (χ0) is 17.3. The van der Waals surface area contributed by atoms with Gasteiger partial charge in [-0.15, -0.1) is 0 Å². The molecule has 3 rings (SSSR count). The highest BCUT2D eigenvalue weighted by molar-refractivity contribution is 6.30. The lowest BCUT2D eigenvalue weighted by atomic mass is 10.3. The quantitative estimate of drug-likeness (QED) is 0.728. The highest BCUT2D eigenvalue weighted by atomic mass is 35.5. The SMILES string of the molecule is CC(CN)Oc1nonc1-c1noc(=O)n1-c1ccc(F)c(Cl)c1. The first kappa shape index (κ1) is 16.1. The van der Waals surface area contributed by atoms with Crippen molar-refractivity contribution >= 4 is 11.6 Å². The number of hydrogen-bond acceptors (Lipinski definition) is 8. The van der Waals surface area contributed by atoms with Crippen LogP contribution in [0.3, 0.4) is 0 Å². The van der Waals surface area contributed by atoms with Gasteiger partial charge in [0.1, 0.15) is 11.9 Å². The van der Waals surface area contributed by atoms with Crippen LogP contribution in [0.1, 0.15) is 6.92 Å². The van der Waals surface area contributed by atoms with Crippen molar-refractivity contribution in [3.8, 4) is 23.1 Å². The highest BCUT2D eigenvalue weighted by Gasteiger charge is 2.25. The molecule has 3 aromatic rings. The van der Waals surface area contributed by atoms with Crippen LogP contribution in [0.5, 0.6) is 5.88 Å². The maximum Gasteiger partial charge on any atom is 0.446 e. The number of nitrogens with zero attached hydrogens (tertiary/aromatic N) is 4. The van der Waals surface area contributed by atoms with Gasteiger partial charge < -0.3 is 10.5 Å². The molecular formula is C13H11ClFN5O4. The molecule has 0 spiro atoms. The van der Waals surface area contributed by atoms with Crippen molar-refractivity contribution in [2.45, 2.75) is 13.0 Å². The minimum absolute atomic E-state index is 0.0109. The van der Waals surface area contributed by atoms with E-state index in [0.29, 0.717) is 0 Å². The third kappa shape index (κ3) is 2.88. The first-order valence-corrected chi connectivity index (χ1v) is 7.13. The minimum atomic E-state index is -0.825. The van der Waals surface area contributed by atoms with E-state index in [2.05, 4.69) is 24.6 Å². The van der Waals surface area contributed by atoms with Gasteiger partial charge in [0.2, 0.25) is 11.5 Å². The van der Waals surface area contributed by atoms with Crippen LogP contribution in [0.25, 0.3) is 17.2 Å². The van der Waals surface area contributed by atoms with Crippen LogP contribution in [0.15, 0.2) is 32.1 Å². The van der Waals surface area contributed by atoms with Crippen LogP contribution in [-0.2, 0) is 0 Å².